The Hall–Kier alpha value is -3.94. The highest BCUT2D eigenvalue weighted by Crippen LogP contribution is 2.29. The molecule has 4 aromatic rings. The molecule has 4 rings (SSSR count). The maximum absolute atomic E-state index is 12.6. The Bertz CT molecular complexity index is 1540. The minimum Gasteiger partial charge on any atom is -0.506 e. The summed E-state index contributed by atoms with van der Waals surface area (Å²) in [6, 6.07) is 20.4. The van der Waals surface area contributed by atoms with Crippen LogP contribution in [-0.4, -0.2) is 33.2 Å². The van der Waals surface area contributed by atoms with Crippen LogP contribution >= 0.6 is 0 Å². The Morgan fingerprint density at radius 1 is 0.949 bits per heavy atom. The van der Waals surface area contributed by atoms with Crippen molar-refractivity contribution in [2.45, 2.75) is 58.7 Å². The highest BCUT2D eigenvalue weighted by Gasteiger charge is 2.21. The number of carbonyl (C=O) groups is 1. The molecule has 0 spiro atoms. The Balaban J connectivity index is 1.34. The molecule has 7 nitrogen and oxygen atoms in total. The SMILES string of the molecule is Cc1ccc(CNC(=O)Cc2cccc(CC(C)(C)NC[C@H](O)c3ccc(O)c4[nH]c(=O)ccc34)c2)cc1C. The summed E-state index contributed by atoms with van der Waals surface area (Å²) in [6.45, 7) is 9.06. The van der Waals surface area contributed by atoms with Crippen LogP contribution in [-0.2, 0) is 24.2 Å². The van der Waals surface area contributed by atoms with Crippen molar-refractivity contribution in [3.05, 3.63) is 110 Å². The average molecular weight is 528 g/mol. The van der Waals surface area contributed by atoms with Gasteiger partial charge in [-0.25, -0.2) is 0 Å². The molecule has 0 saturated carbocycles. The molecule has 0 fully saturated rings. The number of carbonyl (C=O) groups excluding carboxylic acids is 1. The number of H-pyrrole nitrogens is 1. The highest BCUT2D eigenvalue weighted by atomic mass is 16.3. The van der Waals surface area contributed by atoms with E-state index in [0.29, 0.717) is 35.9 Å². The van der Waals surface area contributed by atoms with Crippen LogP contribution in [0.2, 0.25) is 0 Å². The quantitative estimate of drug-likeness (QED) is 0.210. The van der Waals surface area contributed by atoms with Crippen molar-refractivity contribution in [1.82, 2.24) is 15.6 Å². The van der Waals surface area contributed by atoms with Crippen LogP contribution in [0.3, 0.4) is 0 Å². The molecular weight excluding hydrogens is 490 g/mol. The van der Waals surface area contributed by atoms with Crippen LogP contribution in [0.15, 0.2) is 71.5 Å². The number of amides is 1. The second-order valence-corrected chi connectivity index (χ2v) is 10.9. The van der Waals surface area contributed by atoms with Gasteiger partial charge in [-0.3, -0.25) is 9.59 Å². The lowest BCUT2D eigenvalue weighted by atomic mass is 9.92. The van der Waals surface area contributed by atoms with E-state index in [2.05, 4.69) is 61.5 Å². The molecule has 0 saturated heterocycles. The zero-order chi connectivity index (χ0) is 28.2. The number of phenols is 1. The molecule has 1 aromatic heterocycles. The van der Waals surface area contributed by atoms with Crippen molar-refractivity contribution in [1.29, 1.82) is 0 Å². The largest absolute Gasteiger partial charge is 0.506 e. The molecule has 7 heteroatoms. The van der Waals surface area contributed by atoms with Crippen LogP contribution in [0.4, 0.5) is 0 Å². The zero-order valence-electron chi connectivity index (χ0n) is 23.0. The lowest BCUT2D eigenvalue weighted by molar-refractivity contribution is -0.120. The number of fused-ring (bicyclic) bond motifs is 1. The Kier molecular flexibility index (Phi) is 8.53. The van der Waals surface area contributed by atoms with Gasteiger partial charge in [0.1, 0.15) is 5.75 Å². The van der Waals surface area contributed by atoms with Crippen molar-refractivity contribution >= 4 is 16.8 Å². The summed E-state index contributed by atoms with van der Waals surface area (Å²) in [5.41, 5.74) is 5.86. The molecule has 1 amide bonds. The van der Waals surface area contributed by atoms with E-state index in [1.165, 1.54) is 23.3 Å². The summed E-state index contributed by atoms with van der Waals surface area (Å²) < 4.78 is 0. The third-order valence-electron chi connectivity index (χ3n) is 7.10. The van der Waals surface area contributed by atoms with Crippen LogP contribution < -0.4 is 16.2 Å². The van der Waals surface area contributed by atoms with Gasteiger partial charge in [-0.1, -0.05) is 48.5 Å². The van der Waals surface area contributed by atoms with Gasteiger partial charge in [0, 0.05) is 30.1 Å². The van der Waals surface area contributed by atoms with Crippen LogP contribution in [0.1, 0.15) is 53.3 Å². The lowest BCUT2D eigenvalue weighted by Crippen LogP contribution is -2.43. The first-order chi connectivity index (χ1) is 18.5. The Morgan fingerprint density at radius 3 is 2.49 bits per heavy atom. The van der Waals surface area contributed by atoms with E-state index >= 15 is 0 Å². The molecule has 1 heterocycles. The second kappa shape index (κ2) is 11.8. The fourth-order valence-corrected chi connectivity index (χ4v) is 4.82. The lowest BCUT2D eigenvalue weighted by Gasteiger charge is -2.28. The van der Waals surface area contributed by atoms with Crippen molar-refractivity contribution < 1.29 is 15.0 Å². The number of nitrogens with one attached hydrogen (secondary N) is 3. The predicted molar refractivity (Wildman–Crippen MR) is 155 cm³/mol. The summed E-state index contributed by atoms with van der Waals surface area (Å²) >= 11 is 0. The molecule has 5 N–H and O–H groups in total. The fraction of sp³-hybridized carbons (Fsp3) is 0.312. The Labute approximate surface area is 228 Å². The first-order valence-corrected chi connectivity index (χ1v) is 13.2. The van der Waals surface area contributed by atoms with Crippen LogP contribution in [0.5, 0.6) is 5.75 Å². The number of aromatic nitrogens is 1. The number of hydrogen-bond donors (Lipinski definition) is 5. The van der Waals surface area contributed by atoms with E-state index in [1.807, 2.05) is 24.3 Å². The zero-order valence-corrected chi connectivity index (χ0v) is 23.0. The number of aliphatic hydroxyl groups excluding tert-OH is 1. The maximum Gasteiger partial charge on any atom is 0.248 e. The molecule has 0 aliphatic carbocycles. The predicted octanol–water partition coefficient (Wildman–Crippen LogP) is 4.35. The first-order valence-electron chi connectivity index (χ1n) is 13.2. The standard InChI is InChI=1S/C32H37N3O4/c1-20-8-9-24(14-21(20)2)18-33-30(39)16-22-6-5-7-23(15-22)17-32(3,4)34-19-28(37)25-10-12-27(36)31-26(25)11-13-29(38)35-31/h5-15,28,34,36-37H,16-19H2,1-4H3,(H,33,39)(H,35,38)/t28-/m0/s1. The number of aliphatic hydroxyl groups is 1. The van der Waals surface area contributed by atoms with Gasteiger partial charge in [0.15, 0.2) is 0 Å². The van der Waals surface area contributed by atoms with E-state index in [1.54, 1.807) is 12.1 Å². The smallest absolute Gasteiger partial charge is 0.248 e. The summed E-state index contributed by atoms with van der Waals surface area (Å²) in [7, 11) is 0. The monoisotopic (exact) mass is 527 g/mol. The number of β-amino-alcohol motifs (C(OH)–C–C–N with tert-alkyl or cyclic N) is 1. The van der Waals surface area contributed by atoms with Gasteiger partial charge in [-0.05, 0) is 79.6 Å². The number of pyridine rings is 1. The third kappa shape index (κ3) is 7.34. The number of rotatable bonds is 10. The van der Waals surface area contributed by atoms with Gasteiger partial charge >= 0.3 is 0 Å². The summed E-state index contributed by atoms with van der Waals surface area (Å²) in [5, 5.41) is 28.1. The van der Waals surface area contributed by atoms with E-state index in [-0.39, 0.29) is 29.3 Å². The molecular formula is C32H37N3O4. The van der Waals surface area contributed by atoms with Crippen LogP contribution in [0.25, 0.3) is 10.9 Å². The number of aryl methyl sites for hydroxylation is 2. The van der Waals surface area contributed by atoms with E-state index in [9.17, 15) is 19.8 Å². The van der Waals surface area contributed by atoms with Gasteiger partial charge < -0.3 is 25.8 Å². The van der Waals surface area contributed by atoms with E-state index in [4.69, 9.17) is 0 Å². The van der Waals surface area contributed by atoms with Crippen molar-refractivity contribution in [3.8, 4) is 5.75 Å². The van der Waals surface area contributed by atoms with Gasteiger partial charge in [-0.15, -0.1) is 0 Å². The van der Waals surface area contributed by atoms with Gasteiger partial charge in [0.25, 0.3) is 0 Å². The number of phenolic OH excluding ortho intramolecular Hbond substituents is 1. The van der Waals surface area contributed by atoms with Crippen LogP contribution in [0, 0.1) is 13.8 Å². The Morgan fingerprint density at radius 2 is 1.72 bits per heavy atom. The normalized spacial score (nSPS) is 12.4. The first kappa shape index (κ1) is 28.1. The number of benzene rings is 3. The minimum absolute atomic E-state index is 0.0200. The third-order valence-corrected chi connectivity index (χ3v) is 7.10. The summed E-state index contributed by atoms with van der Waals surface area (Å²) in [6.07, 6.45) is 0.161. The molecule has 0 radical (unpaired) electrons. The molecule has 0 unspecified atom stereocenters. The number of hydrogen-bond acceptors (Lipinski definition) is 5. The second-order valence-electron chi connectivity index (χ2n) is 10.9. The maximum atomic E-state index is 12.6. The molecule has 0 aliphatic heterocycles. The van der Waals surface area contributed by atoms with Gasteiger partial charge in [0.2, 0.25) is 11.5 Å². The summed E-state index contributed by atoms with van der Waals surface area (Å²) in [5.74, 6) is -0.0564. The fourth-order valence-electron chi connectivity index (χ4n) is 4.82. The molecule has 39 heavy (non-hydrogen) atoms. The molecule has 3 aromatic carbocycles. The molecule has 1 atom stereocenters. The minimum atomic E-state index is -0.842. The summed E-state index contributed by atoms with van der Waals surface area (Å²) in [4.78, 5) is 26.9. The average Bonchev–Trinajstić information content (AvgIpc) is 2.88. The number of aromatic amines is 1. The van der Waals surface area contributed by atoms with E-state index < -0.39 is 6.10 Å². The molecule has 204 valence electrons. The molecule has 0 aliphatic rings. The van der Waals surface area contributed by atoms with Crippen molar-refractivity contribution in [2.24, 2.45) is 0 Å². The van der Waals surface area contributed by atoms with E-state index in [0.717, 1.165) is 16.7 Å². The van der Waals surface area contributed by atoms with Gasteiger partial charge in [-0.2, -0.15) is 0 Å². The van der Waals surface area contributed by atoms with Gasteiger partial charge in [0.05, 0.1) is 18.0 Å². The van der Waals surface area contributed by atoms with Crippen molar-refractivity contribution in [2.75, 3.05) is 6.54 Å². The van der Waals surface area contributed by atoms with Crippen molar-refractivity contribution in [3.63, 3.8) is 0 Å². The highest BCUT2D eigenvalue weighted by molar-refractivity contribution is 5.87. The molecule has 0 bridgehead atoms. The topological polar surface area (TPSA) is 114 Å². The number of aromatic hydroxyl groups is 1.